The van der Waals surface area contributed by atoms with Gasteiger partial charge in [0.1, 0.15) is 11.6 Å². The van der Waals surface area contributed by atoms with E-state index in [0.29, 0.717) is 30.2 Å². The summed E-state index contributed by atoms with van der Waals surface area (Å²) >= 11 is 1.35. The number of carbonyl (C=O) groups excluding carboxylic acids is 2. The van der Waals surface area contributed by atoms with Crippen molar-refractivity contribution in [2.45, 2.75) is 17.9 Å². The van der Waals surface area contributed by atoms with E-state index >= 15 is 0 Å². The zero-order valence-corrected chi connectivity index (χ0v) is 12.7. The van der Waals surface area contributed by atoms with Gasteiger partial charge in [-0.15, -0.1) is 11.8 Å². The smallest absolute Gasteiger partial charge is 0.324 e. The predicted octanol–water partition coefficient (Wildman–Crippen LogP) is 2.01. The van der Waals surface area contributed by atoms with E-state index in [1.165, 1.54) is 35.9 Å². The average molecular weight is 312 g/mol. The summed E-state index contributed by atoms with van der Waals surface area (Å²) in [6.45, 7) is 2.62. The van der Waals surface area contributed by atoms with Gasteiger partial charge in [-0.2, -0.15) is 0 Å². The van der Waals surface area contributed by atoms with E-state index in [1.54, 1.807) is 13.0 Å². The Labute approximate surface area is 126 Å². The second-order valence-corrected chi connectivity index (χ2v) is 5.96. The summed E-state index contributed by atoms with van der Waals surface area (Å²) in [5.74, 6) is 0.445. The summed E-state index contributed by atoms with van der Waals surface area (Å²) in [4.78, 5) is 24.8. The maximum absolute atomic E-state index is 13.3. The molecule has 0 bridgehead atoms. The largest absolute Gasteiger partial charge is 0.496 e. The number of ether oxygens (including phenoxy) is 1. The maximum atomic E-state index is 13.3. The Morgan fingerprint density at radius 3 is 2.95 bits per heavy atom. The molecule has 1 heterocycles. The maximum Gasteiger partial charge on any atom is 0.324 e. The first kappa shape index (κ1) is 15.6. The van der Waals surface area contributed by atoms with Gasteiger partial charge in [-0.05, 0) is 25.1 Å². The molecule has 1 fully saturated rings. The molecule has 7 heteroatoms. The van der Waals surface area contributed by atoms with Crippen molar-refractivity contribution in [2.75, 3.05) is 20.2 Å². The number of imide groups is 1. The summed E-state index contributed by atoms with van der Waals surface area (Å²) in [7, 11) is 1.52. The van der Waals surface area contributed by atoms with Gasteiger partial charge >= 0.3 is 6.03 Å². The van der Waals surface area contributed by atoms with Crippen LogP contribution in [0.25, 0.3) is 0 Å². The van der Waals surface area contributed by atoms with Crippen molar-refractivity contribution in [1.82, 2.24) is 10.2 Å². The Hall–Kier alpha value is -1.76. The summed E-state index contributed by atoms with van der Waals surface area (Å²) in [6.07, 6.45) is 0. The highest BCUT2D eigenvalue weighted by Crippen LogP contribution is 2.27. The average Bonchev–Trinajstić information content (AvgIpc) is 2.90. The van der Waals surface area contributed by atoms with Gasteiger partial charge in [0.15, 0.2) is 0 Å². The third kappa shape index (κ3) is 3.66. The van der Waals surface area contributed by atoms with Crippen LogP contribution in [0.2, 0.25) is 0 Å². The number of hydrogen-bond acceptors (Lipinski definition) is 4. The Morgan fingerprint density at radius 2 is 2.33 bits per heavy atom. The van der Waals surface area contributed by atoms with Gasteiger partial charge in [0.25, 0.3) is 0 Å². The molecule has 21 heavy (non-hydrogen) atoms. The van der Waals surface area contributed by atoms with E-state index in [2.05, 4.69) is 5.32 Å². The van der Waals surface area contributed by atoms with Crippen molar-refractivity contribution < 1.29 is 18.7 Å². The summed E-state index contributed by atoms with van der Waals surface area (Å²) in [6, 6.07) is 3.93. The van der Waals surface area contributed by atoms with Crippen LogP contribution in [0.4, 0.5) is 9.18 Å². The fourth-order valence-corrected chi connectivity index (χ4v) is 2.97. The van der Waals surface area contributed by atoms with E-state index in [9.17, 15) is 14.0 Å². The fraction of sp³-hybridized carbons (Fsp3) is 0.429. The predicted molar refractivity (Wildman–Crippen MR) is 78.8 cm³/mol. The standard InChI is InChI=1S/C14H17FN2O3S/c1-9(13(18)17-6-5-16-14(17)19)21-8-10-7-11(15)3-4-12(10)20-2/h3-4,7,9H,5-6,8H2,1-2H3,(H,16,19). The molecule has 0 radical (unpaired) electrons. The lowest BCUT2D eigenvalue weighted by Crippen LogP contribution is -2.39. The minimum absolute atomic E-state index is 0.231. The number of urea groups is 1. The molecule has 2 rings (SSSR count). The number of rotatable bonds is 5. The van der Waals surface area contributed by atoms with Crippen LogP contribution < -0.4 is 10.1 Å². The van der Waals surface area contributed by atoms with Gasteiger partial charge in [-0.25, -0.2) is 9.18 Å². The van der Waals surface area contributed by atoms with Crippen molar-refractivity contribution in [3.05, 3.63) is 29.6 Å². The number of amides is 3. The number of methoxy groups -OCH3 is 1. The van der Waals surface area contributed by atoms with Crippen molar-refractivity contribution in [2.24, 2.45) is 0 Å². The zero-order chi connectivity index (χ0) is 15.4. The fourth-order valence-electron chi connectivity index (χ4n) is 2.05. The highest BCUT2D eigenvalue weighted by atomic mass is 32.2. The molecule has 1 aliphatic heterocycles. The molecule has 0 spiro atoms. The van der Waals surface area contributed by atoms with Gasteiger partial charge in [0.2, 0.25) is 5.91 Å². The van der Waals surface area contributed by atoms with Crippen molar-refractivity contribution in [1.29, 1.82) is 0 Å². The van der Waals surface area contributed by atoms with E-state index < -0.39 is 0 Å². The second kappa shape index (κ2) is 6.80. The molecule has 0 aromatic heterocycles. The molecule has 1 aliphatic rings. The van der Waals surface area contributed by atoms with Crippen molar-refractivity contribution in [3.8, 4) is 5.75 Å². The number of nitrogens with zero attached hydrogens (tertiary/aromatic N) is 1. The monoisotopic (exact) mass is 312 g/mol. The molecule has 0 aliphatic carbocycles. The highest BCUT2D eigenvalue weighted by Gasteiger charge is 2.29. The highest BCUT2D eigenvalue weighted by molar-refractivity contribution is 7.99. The molecule has 3 amide bonds. The number of nitrogens with one attached hydrogen (secondary N) is 1. The first-order valence-electron chi connectivity index (χ1n) is 6.56. The van der Waals surface area contributed by atoms with Gasteiger partial charge in [-0.3, -0.25) is 9.69 Å². The number of thioether (sulfide) groups is 1. The van der Waals surface area contributed by atoms with Gasteiger partial charge in [0, 0.05) is 24.4 Å². The molecule has 1 atom stereocenters. The second-order valence-electron chi connectivity index (χ2n) is 4.63. The van der Waals surface area contributed by atoms with Crippen LogP contribution in [0.3, 0.4) is 0 Å². The molecule has 5 nitrogen and oxygen atoms in total. The molecule has 1 saturated heterocycles. The summed E-state index contributed by atoms with van der Waals surface area (Å²) in [5.41, 5.74) is 0.688. The van der Waals surface area contributed by atoms with Crippen LogP contribution in [0.5, 0.6) is 5.75 Å². The van der Waals surface area contributed by atoms with E-state index in [-0.39, 0.29) is 23.0 Å². The Balaban J connectivity index is 1.97. The lowest BCUT2D eigenvalue weighted by atomic mass is 10.2. The minimum atomic E-state index is -0.387. The lowest BCUT2D eigenvalue weighted by molar-refractivity contribution is -0.126. The lowest BCUT2D eigenvalue weighted by Gasteiger charge is -2.18. The number of hydrogen-bond donors (Lipinski definition) is 1. The molecular weight excluding hydrogens is 295 g/mol. The quantitative estimate of drug-likeness (QED) is 0.903. The zero-order valence-electron chi connectivity index (χ0n) is 11.9. The molecule has 1 aromatic carbocycles. The topological polar surface area (TPSA) is 58.6 Å². The van der Waals surface area contributed by atoms with Crippen LogP contribution >= 0.6 is 11.8 Å². The molecular formula is C14H17FN2O3S. The normalized spacial score (nSPS) is 15.8. The van der Waals surface area contributed by atoms with Crippen molar-refractivity contribution >= 4 is 23.7 Å². The molecule has 0 saturated carbocycles. The summed E-state index contributed by atoms with van der Waals surface area (Å²) in [5, 5.41) is 2.20. The minimum Gasteiger partial charge on any atom is -0.496 e. The van der Waals surface area contributed by atoms with E-state index in [1.807, 2.05) is 0 Å². The van der Waals surface area contributed by atoms with Gasteiger partial charge in [-0.1, -0.05) is 0 Å². The van der Waals surface area contributed by atoms with E-state index in [4.69, 9.17) is 4.74 Å². The van der Waals surface area contributed by atoms with Gasteiger partial charge in [0.05, 0.1) is 12.4 Å². The van der Waals surface area contributed by atoms with Crippen LogP contribution in [0, 0.1) is 5.82 Å². The Morgan fingerprint density at radius 1 is 1.57 bits per heavy atom. The Bertz CT molecular complexity index is 553. The number of carbonyl (C=O) groups is 2. The van der Waals surface area contributed by atoms with Crippen LogP contribution in [-0.4, -0.2) is 42.3 Å². The van der Waals surface area contributed by atoms with Crippen LogP contribution in [0.15, 0.2) is 18.2 Å². The Kier molecular flexibility index (Phi) is 5.06. The van der Waals surface area contributed by atoms with Crippen LogP contribution in [-0.2, 0) is 10.5 Å². The number of halogens is 1. The molecule has 114 valence electrons. The first-order chi connectivity index (χ1) is 10.0. The molecule has 1 aromatic rings. The SMILES string of the molecule is COc1ccc(F)cc1CSC(C)C(=O)N1CCNC1=O. The third-order valence-electron chi connectivity index (χ3n) is 3.20. The van der Waals surface area contributed by atoms with Crippen LogP contribution in [0.1, 0.15) is 12.5 Å². The number of benzene rings is 1. The van der Waals surface area contributed by atoms with Crippen molar-refractivity contribution in [3.63, 3.8) is 0 Å². The van der Waals surface area contributed by atoms with Gasteiger partial charge < -0.3 is 10.1 Å². The van der Waals surface area contributed by atoms with E-state index in [0.717, 1.165) is 0 Å². The molecule has 1 N–H and O–H groups in total. The summed E-state index contributed by atoms with van der Waals surface area (Å²) < 4.78 is 18.4. The molecule has 1 unspecified atom stereocenters. The first-order valence-corrected chi connectivity index (χ1v) is 7.61. The third-order valence-corrected chi connectivity index (χ3v) is 4.38.